The molecule has 4 aromatic rings. The third-order valence-corrected chi connectivity index (χ3v) is 6.03. The van der Waals surface area contributed by atoms with Crippen molar-refractivity contribution in [1.82, 2.24) is 14.5 Å². The molecule has 2 aliphatic rings. The number of ether oxygens (including phenoxy) is 2. The summed E-state index contributed by atoms with van der Waals surface area (Å²) < 4.78 is 20.0. The SMILES string of the molecule is c1ccc2oc(-c3ccc4c(c3)nc(C3CCCO3)n4C3CCOCC3)nc2c1. The Balaban J connectivity index is 1.47. The lowest BCUT2D eigenvalue weighted by molar-refractivity contribution is 0.0626. The van der Waals surface area contributed by atoms with Crippen molar-refractivity contribution in [3.8, 4) is 11.5 Å². The molecule has 1 unspecified atom stereocenters. The minimum atomic E-state index is 0.0815. The summed E-state index contributed by atoms with van der Waals surface area (Å²) in [4.78, 5) is 9.68. The Labute approximate surface area is 168 Å². The largest absolute Gasteiger partial charge is 0.436 e. The molecule has 2 aromatic heterocycles. The summed E-state index contributed by atoms with van der Waals surface area (Å²) in [6, 6.07) is 14.6. The first-order chi connectivity index (χ1) is 14.4. The number of aromatic nitrogens is 3. The number of hydrogen-bond acceptors (Lipinski definition) is 5. The lowest BCUT2D eigenvalue weighted by Gasteiger charge is -2.27. The van der Waals surface area contributed by atoms with Crippen molar-refractivity contribution >= 4 is 22.1 Å². The second-order valence-electron chi connectivity index (χ2n) is 7.88. The summed E-state index contributed by atoms with van der Waals surface area (Å²) >= 11 is 0. The summed E-state index contributed by atoms with van der Waals surface area (Å²) in [6.07, 6.45) is 4.23. The quantitative estimate of drug-likeness (QED) is 0.491. The van der Waals surface area contributed by atoms with E-state index in [0.29, 0.717) is 11.9 Å². The molecular weight excluding hydrogens is 366 g/mol. The highest BCUT2D eigenvalue weighted by Gasteiger charge is 2.29. The first-order valence-electron chi connectivity index (χ1n) is 10.4. The highest BCUT2D eigenvalue weighted by Crippen LogP contribution is 2.36. The first-order valence-corrected chi connectivity index (χ1v) is 10.4. The number of benzene rings is 2. The molecule has 29 heavy (non-hydrogen) atoms. The Morgan fingerprint density at radius 2 is 1.79 bits per heavy atom. The zero-order valence-electron chi connectivity index (χ0n) is 16.2. The Morgan fingerprint density at radius 1 is 0.897 bits per heavy atom. The topological polar surface area (TPSA) is 62.3 Å². The number of imidazole rings is 1. The summed E-state index contributed by atoms with van der Waals surface area (Å²) in [7, 11) is 0. The fourth-order valence-electron chi connectivity index (χ4n) is 4.58. The molecule has 2 aromatic carbocycles. The standard InChI is InChI=1S/C23H23N3O3/c1-2-5-20-17(4-1)25-23(29-20)15-7-8-19-18(14-15)24-22(21-6-3-11-28-21)26(19)16-9-12-27-13-10-16/h1-2,4-5,7-8,14,16,21H,3,6,9-13H2. The summed E-state index contributed by atoms with van der Waals surface area (Å²) in [6.45, 7) is 2.42. The summed E-state index contributed by atoms with van der Waals surface area (Å²) in [5.41, 5.74) is 4.75. The van der Waals surface area contributed by atoms with Gasteiger partial charge in [0.1, 0.15) is 17.4 Å². The third kappa shape index (κ3) is 2.94. The van der Waals surface area contributed by atoms with E-state index in [9.17, 15) is 0 Å². The monoisotopic (exact) mass is 389 g/mol. The fourth-order valence-corrected chi connectivity index (χ4v) is 4.58. The van der Waals surface area contributed by atoms with Crippen LogP contribution in [0.1, 0.15) is 43.7 Å². The van der Waals surface area contributed by atoms with Crippen molar-refractivity contribution in [3.63, 3.8) is 0 Å². The van der Waals surface area contributed by atoms with Crippen molar-refractivity contribution in [1.29, 1.82) is 0 Å². The molecule has 2 saturated heterocycles. The zero-order chi connectivity index (χ0) is 19.2. The molecule has 2 aliphatic heterocycles. The van der Waals surface area contributed by atoms with Crippen LogP contribution >= 0.6 is 0 Å². The van der Waals surface area contributed by atoms with Gasteiger partial charge in [-0.1, -0.05) is 12.1 Å². The predicted octanol–water partition coefficient (Wildman–Crippen LogP) is 5.05. The van der Waals surface area contributed by atoms with Crippen LogP contribution in [0.2, 0.25) is 0 Å². The maximum absolute atomic E-state index is 6.01. The minimum Gasteiger partial charge on any atom is -0.436 e. The van der Waals surface area contributed by atoms with Crippen LogP contribution in [0, 0.1) is 0 Å². The second-order valence-corrected chi connectivity index (χ2v) is 7.88. The van der Waals surface area contributed by atoms with Crippen molar-refractivity contribution in [2.45, 2.75) is 37.8 Å². The van der Waals surface area contributed by atoms with E-state index in [-0.39, 0.29) is 6.10 Å². The molecule has 0 aliphatic carbocycles. The average molecular weight is 389 g/mol. The van der Waals surface area contributed by atoms with Crippen molar-refractivity contribution in [2.75, 3.05) is 19.8 Å². The Hall–Kier alpha value is -2.70. The number of hydrogen-bond donors (Lipinski definition) is 0. The van der Waals surface area contributed by atoms with Crippen LogP contribution in [-0.2, 0) is 9.47 Å². The molecule has 1 atom stereocenters. The van der Waals surface area contributed by atoms with Gasteiger partial charge in [-0.25, -0.2) is 9.97 Å². The van der Waals surface area contributed by atoms with E-state index in [0.717, 1.165) is 79.0 Å². The van der Waals surface area contributed by atoms with E-state index in [4.69, 9.17) is 18.9 Å². The van der Waals surface area contributed by atoms with E-state index in [2.05, 4.69) is 27.8 Å². The summed E-state index contributed by atoms with van der Waals surface area (Å²) in [5, 5.41) is 0. The average Bonchev–Trinajstić information content (AvgIpc) is 3.51. The highest BCUT2D eigenvalue weighted by molar-refractivity contribution is 5.83. The Bertz CT molecular complexity index is 1130. The van der Waals surface area contributed by atoms with E-state index in [1.165, 1.54) is 0 Å². The zero-order valence-corrected chi connectivity index (χ0v) is 16.2. The van der Waals surface area contributed by atoms with Gasteiger partial charge in [0.25, 0.3) is 0 Å². The number of rotatable bonds is 3. The molecule has 0 bridgehead atoms. The molecular formula is C23H23N3O3. The molecule has 4 heterocycles. The molecule has 2 fully saturated rings. The summed E-state index contributed by atoms with van der Waals surface area (Å²) in [5.74, 6) is 1.69. The van der Waals surface area contributed by atoms with E-state index in [1.807, 2.05) is 24.3 Å². The van der Waals surface area contributed by atoms with Crippen molar-refractivity contribution in [3.05, 3.63) is 48.3 Å². The Kier molecular flexibility index (Phi) is 4.13. The van der Waals surface area contributed by atoms with Gasteiger partial charge in [-0.2, -0.15) is 0 Å². The number of oxazole rings is 1. The number of nitrogens with zero attached hydrogens (tertiary/aromatic N) is 3. The van der Waals surface area contributed by atoms with Gasteiger partial charge in [-0.05, 0) is 56.0 Å². The number of fused-ring (bicyclic) bond motifs is 2. The van der Waals surface area contributed by atoms with Crippen LogP contribution in [-0.4, -0.2) is 34.4 Å². The maximum atomic E-state index is 6.01. The maximum Gasteiger partial charge on any atom is 0.227 e. The smallest absolute Gasteiger partial charge is 0.227 e. The Morgan fingerprint density at radius 3 is 2.62 bits per heavy atom. The van der Waals surface area contributed by atoms with Crippen molar-refractivity contribution < 1.29 is 13.9 Å². The van der Waals surface area contributed by atoms with Gasteiger partial charge in [0.05, 0.1) is 11.0 Å². The van der Waals surface area contributed by atoms with Gasteiger partial charge < -0.3 is 18.5 Å². The molecule has 6 nitrogen and oxygen atoms in total. The van der Waals surface area contributed by atoms with Crippen molar-refractivity contribution in [2.24, 2.45) is 0 Å². The molecule has 6 rings (SSSR count). The van der Waals surface area contributed by atoms with Gasteiger partial charge >= 0.3 is 0 Å². The van der Waals surface area contributed by atoms with Crippen LogP contribution in [0.3, 0.4) is 0 Å². The highest BCUT2D eigenvalue weighted by atomic mass is 16.5. The van der Waals surface area contributed by atoms with E-state index >= 15 is 0 Å². The van der Waals surface area contributed by atoms with E-state index < -0.39 is 0 Å². The van der Waals surface area contributed by atoms with Gasteiger partial charge in [-0.3, -0.25) is 0 Å². The van der Waals surface area contributed by atoms with Crippen LogP contribution in [0.4, 0.5) is 0 Å². The van der Waals surface area contributed by atoms with Crippen LogP contribution in [0.5, 0.6) is 0 Å². The van der Waals surface area contributed by atoms with Gasteiger partial charge in [-0.15, -0.1) is 0 Å². The molecule has 148 valence electrons. The molecule has 0 saturated carbocycles. The van der Waals surface area contributed by atoms with Crippen LogP contribution < -0.4 is 0 Å². The lowest BCUT2D eigenvalue weighted by atomic mass is 10.1. The van der Waals surface area contributed by atoms with Gasteiger partial charge in [0, 0.05) is 31.4 Å². The van der Waals surface area contributed by atoms with Gasteiger partial charge in [0.15, 0.2) is 5.58 Å². The van der Waals surface area contributed by atoms with Gasteiger partial charge in [0.2, 0.25) is 5.89 Å². The third-order valence-electron chi connectivity index (χ3n) is 6.03. The van der Waals surface area contributed by atoms with Crippen LogP contribution in [0.15, 0.2) is 46.9 Å². The second kappa shape index (κ2) is 6.97. The fraction of sp³-hybridized carbons (Fsp3) is 0.391. The normalized spacial score (nSPS) is 20.8. The lowest BCUT2D eigenvalue weighted by Crippen LogP contribution is -2.22. The molecule has 0 spiro atoms. The first kappa shape index (κ1) is 17.2. The molecule has 0 radical (unpaired) electrons. The van der Waals surface area contributed by atoms with Crippen LogP contribution in [0.25, 0.3) is 33.6 Å². The number of para-hydroxylation sites is 2. The molecule has 0 N–H and O–H groups in total. The molecule has 0 amide bonds. The minimum absolute atomic E-state index is 0.0815. The van der Waals surface area contributed by atoms with E-state index in [1.54, 1.807) is 0 Å². The predicted molar refractivity (Wildman–Crippen MR) is 110 cm³/mol. The molecule has 6 heteroatoms.